The molecule has 0 saturated carbocycles. The normalized spacial score (nSPS) is 10.8. The predicted octanol–water partition coefficient (Wildman–Crippen LogP) is 5.29. The first-order chi connectivity index (χ1) is 10.5. The minimum atomic E-state index is 0.474. The van der Waals surface area contributed by atoms with Crippen molar-refractivity contribution in [1.82, 2.24) is 9.97 Å². The molecule has 2 N–H and O–H groups in total. The smallest absolute Gasteiger partial charge is 0.229 e. The number of para-hydroxylation sites is 1. The van der Waals surface area contributed by atoms with Crippen LogP contribution in [0.5, 0.6) is 0 Å². The number of anilines is 3. The second-order valence-electron chi connectivity index (χ2n) is 5.55. The summed E-state index contributed by atoms with van der Waals surface area (Å²) >= 11 is 12.3. The lowest BCUT2D eigenvalue weighted by Crippen LogP contribution is -2.08. The van der Waals surface area contributed by atoms with Gasteiger partial charge in [0.15, 0.2) is 0 Å². The Labute approximate surface area is 141 Å². The Morgan fingerprint density at radius 2 is 1.82 bits per heavy atom. The molecule has 0 amide bonds. The van der Waals surface area contributed by atoms with E-state index in [2.05, 4.69) is 34.4 Å². The largest absolute Gasteiger partial charge is 0.370 e. The van der Waals surface area contributed by atoms with Crippen molar-refractivity contribution in [1.29, 1.82) is 0 Å². The highest BCUT2D eigenvalue weighted by atomic mass is 35.5. The molecule has 1 aromatic heterocycles. The first-order valence-corrected chi connectivity index (χ1v) is 8.02. The Hall–Kier alpha value is -1.52. The first-order valence-electron chi connectivity index (χ1n) is 7.26. The fourth-order valence-electron chi connectivity index (χ4n) is 1.93. The number of aryl methyl sites for hydroxylation is 1. The van der Waals surface area contributed by atoms with Crippen LogP contribution in [-0.2, 0) is 0 Å². The van der Waals surface area contributed by atoms with E-state index in [1.54, 1.807) is 18.2 Å². The number of benzene rings is 1. The van der Waals surface area contributed by atoms with E-state index in [9.17, 15) is 0 Å². The number of halogens is 2. The number of aromatic nitrogens is 2. The van der Waals surface area contributed by atoms with Crippen LogP contribution in [0.25, 0.3) is 0 Å². The van der Waals surface area contributed by atoms with Gasteiger partial charge >= 0.3 is 0 Å². The molecule has 0 bridgehead atoms. The molecular formula is C16H20Cl2N4. The summed E-state index contributed by atoms with van der Waals surface area (Å²) in [6, 6.07) is 7.26. The maximum atomic E-state index is 6.16. The van der Waals surface area contributed by atoms with E-state index in [0.29, 0.717) is 27.6 Å². The van der Waals surface area contributed by atoms with Gasteiger partial charge in [-0.1, -0.05) is 43.1 Å². The van der Waals surface area contributed by atoms with Crippen molar-refractivity contribution in [3.05, 3.63) is 40.0 Å². The van der Waals surface area contributed by atoms with Crippen molar-refractivity contribution in [3.63, 3.8) is 0 Å². The van der Waals surface area contributed by atoms with E-state index in [0.717, 1.165) is 24.5 Å². The van der Waals surface area contributed by atoms with E-state index < -0.39 is 0 Å². The molecule has 1 aromatic carbocycles. The van der Waals surface area contributed by atoms with E-state index in [1.165, 1.54) is 0 Å². The molecule has 0 spiro atoms. The molecule has 0 fully saturated rings. The summed E-state index contributed by atoms with van der Waals surface area (Å²) in [5.74, 6) is 1.91. The zero-order valence-corrected chi connectivity index (χ0v) is 14.5. The van der Waals surface area contributed by atoms with Crippen molar-refractivity contribution in [2.24, 2.45) is 5.92 Å². The summed E-state index contributed by atoms with van der Waals surface area (Å²) in [6.45, 7) is 7.19. The van der Waals surface area contributed by atoms with E-state index in [4.69, 9.17) is 23.2 Å². The molecule has 0 unspecified atom stereocenters. The highest BCUT2D eigenvalue weighted by Gasteiger charge is 2.09. The number of rotatable bonds is 6. The fraction of sp³-hybridized carbons (Fsp3) is 0.375. The summed E-state index contributed by atoms with van der Waals surface area (Å²) in [4.78, 5) is 8.83. The lowest BCUT2D eigenvalue weighted by atomic mass is 10.1. The summed E-state index contributed by atoms with van der Waals surface area (Å²) in [5, 5.41) is 7.48. The number of nitrogens with zero attached hydrogens (tertiary/aromatic N) is 2. The molecule has 1 heterocycles. The molecule has 0 saturated heterocycles. The van der Waals surface area contributed by atoms with Gasteiger partial charge in [-0.05, 0) is 31.4 Å². The van der Waals surface area contributed by atoms with E-state index in [-0.39, 0.29) is 0 Å². The zero-order chi connectivity index (χ0) is 16.1. The van der Waals surface area contributed by atoms with Crippen molar-refractivity contribution < 1.29 is 0 Å². The number of hydrogen-bond donors (Lipinski definition) is 2. The molecule has 0 atom stereocenters. The first kappa shape index (κ1) is 16.8. The summed E-state index contributed by atoms with van der Waals surface area (Å²) in [7, 11) is 0. The van der Waals surface area contributed by atoms with Crippen molar-refractivity contribution >= 4 is 40.7 Å². The molecule has 2 aromatic rings. The molecule has 0 aliphatic rings. The monoisotopic (exact) mass is 338 g/mol. The van der Waals surface area contributed by atoms with Gasteiger partial charge in [-0.3, -0.25) is 0 Å². The van der Waals surface area contributed by atoms with Crippen LogP contribution >= 0.6 is 23.2 Å². The van der Waals surface area contributed by atoms with Crippen LogP contribution in [0, 0.1) is 12.8 Å². The van der Waals surface area contributed by atoms with Gasteiger partial charge < -0.3 is 10.6 Å². The van der Waals surface area contributed by atoms with Gasteiger partial charge in [-0.25, -0.2) is 4.98 Å². The van der Waals surface area contributed by atoms with Crippen LogP contribution in [0.15, 0.2) is 24.3 Å². The van der Waals surface area contributed by atoms with Gasteiger partial charge in [0.05, 0.1) is 15.7 Å². The lowest BCUT2D eigenvalue weighted by molar-refractivity contribution is 0.606. The fourth-order valence-corrected chi connectivity index (χ4v) is 2.42. The van der Waals surface area contributed by atoms with Crippen LogP contribution in [0.1, 0.15) is 26.0 Å². The van der Waals surface area contributed by atoms with E-state index >= 15 is 0 Å². The standard InChI is InChI=1S/C16H20Cl2N4/c1-10(2)7-8-19-14-9-11(3)20-16(21-14)22-15-12(17)5-4-6-13(15)18/h4-6,9-10H,7-8H2,1-3H3,(H2,19,20,21,22). The SMILES string of the molecule is Cc1cc(NCCC(C)C)nc(Nc2c(Cl)cccc2Cl)n1. The third kappa shape index (κ3) is 4.75. The average molecular weight is 339 g/mol. The second kappa shape index (κ2) is 7.65. The third-order valence-electron chi connectivity index (χ3n) is 3.08. The van der Waals surface area contributed by atoms with Crippen LogP contribution in [0.3, 0.4) is 0 Å². The van der Waals surface area contributed by atoms with E-state index in [1.807, 2.05) is 13.0 Å². The highest BCUT2D eigenvalue weighted by Crippen LogP contribution is 2.31. The molecule has 22 heavy (non-hydrogen) atoms. The number of nitrogens with one attached hydrogen (secondary N) is 2. The molecule has 2 rings (SSSR count). The average Bonchev–Trinajstić information content (AvgIpc) is 2.42. The van der Waals surface area contributed by atoms with Gasteiger partial charge in [0.25, 0.3) is 0 Å². The quantitative estimate of drug-likeness (QED) is 0.750. The van der Waals surface area contributed by atoms with Gasteiger partial charge in [-0.15, -0.1) is 0 Å². The Bertz CT molecular complexity index is 624. The second-order valence-corrected chi connectivity index (χ2v) is 6.36. The van der Waals surface area contributed by atoms with Crippen molar-refractivity contribution in [3.8, 4) is 0 Å². The molecule has 4 nitrogen and oxygen atoms in total. The summed E-state index contributed by atoms with van der Waals surface area (Å²) in [6.07, 6.45) is 1.09. The minimum Gasteiger partial charge on any atom is -0.370 e. The van der Waals surface area contributed by atoms with Gasteiger partial charge in [0.1, 0.15) is 5.82 Å². The predicted molar refractivity (Wildman–Crippen MR) is 94.5 cm³/mol. The molecular weight excluding hydrogens is 319 g/mol. The Kier molecular flexibility index (Phi) is 5.86. The van der Waals surface area contributed by atoms with Crippen LogP contribution in [-0.4, -0.2) is 16.5 Å². The Morgan fingerprint density at radius 3 is 2.45 bits per heavy atom. The zero-order valence-electron chi connectivity index (χ0n) is 13.0. The lowest BCUT2D eigenvalue weighted by Gasteiger charge is -2.12. The summed E-state index contributed by atoms with van der Waals surface area (Å²) in [5.41, 5.74) is 1.48. The van der Waals surface area contributed by atoms with Gasteiger partial charge in [-0.2, -0.15) is 4.98 Å². The topological polar surface area (TPSA) is 49.8 Å². The molecule has 0 radical (unpaired) electrons. The van der Waals surface area contributed by atoms with Crippen LogP contribution < -0.4 is 10.6 Å². The minimum absolute atomic E-state index is 0.474. The van der Waals surface area contributed by atoms with Crippen LogP contribution in [0.2, 0.25) is 10.0 Å². The highest BCUT2D eigenvalue weighted by molar-refractivity contribution is 6.39. The summed E-state index contributed by atoms with van der Waals surface area (Å²) < 4.78 is 0. The molecule has 118 valence electrons. The van der Waals surface area contributed by atoms with Gasteiger partial charge in [0, 0.05) is 18.3 Å². The molecule has 0 aliphatic heterocycles. The van der Waals surface area contributed by atoms with Crippen molar-refractivity contribution in [2.45, 2.75) is 27.2 Å². The maximum absolute atomic E-state index is 6.16. The maximum Gasteiger partial charge on any atom is 0.229 e. The Morgan fingerprint density at radius 1 is 1.14 bits per heavy atom. The van der Waals surface area contributed by atoms with Gasteiger partial charge in [0.2, 0.25) is 5.95 Å². The molecule has 0 aliphatic carbocycles. The Balaban J connectivity index is 2.16. The third-order valence-corrected chi connectivity index (χ3v) is 3.71. The number of hydrogen-bond acceptors (Lipinski definition) is 4. The van der Waals surface area contributed by atoms with Crippen molar-refractivity contribution in [2.75, 3.05) is 17.2 Å². The van der Waals surface area contributed by atoms with Crippen LogP contribution in [0.4, 0.5) is 17.5 Å². The molecule has 6 heteroatoms.